The number of ether oxygens (including phenoxy) is 1. The van der Waals surface area contributed by atoms with Gasteiger partial charge in [0.25, 0.3) is 0 Å². The Morgan fingerprint density at radius 2 is 1.69 bits per heavy atom. The van der Waals surface area contributed by atoms with E-state index in [1.807, 2.05) is 25.8 Å². The van der Waals surface area contributed by atoms with Crippen LogP contribution in [0.15, 0.2) is 0 Å². The third-order valence-corrected chi connectivity index (χ3v) is 7.93. The molecule has 0 spiro atoms. The van der Waals surface area contributed by atoms with Crippen LogP contribution in [0, 0.1) is 11.8 Å². The van der Waals surface area contributed by atoms with Crippen molar-refractivity contribution >= 4 is 21.9 Å². The van der Waals surface area contributed by atoms with Crippen LogP contribution in [0.5, 0.6) is 0 Å². The molecule has 0 radical (unpaired) electrons. The first-order valence-electron chi connectivity index (χ1n) is 9.15. The number of methoxy groups -OCH3 is 1. The summed E-state index contributed by atoms with van der Waals surface area (Å²) in [6.07, 6.45) is 1.62. The molecule has 0 bridgehead atoms. The SMILES string of the molecule is COC(=O)[C@H](C(C)C)N(C)C(=O)C1CCN(S(=O)(=O)[C@H]2CCN2C)CC1. The van der Waals surface area contributed by atoms with Crippen molar-refractivity contribution < 1.29 is 22.7 Å². The van der Waals surface area contributed by atoms with Gasteiger partial charge in [0.2, 0.25) is 15.9 Å². The van der Waals surface area contributed by atoms with Gasteiger partial charge in [0.05, 0.1) is 7.11 Å². The van der Waals surface area contributed by atoms with E-state index in [2.05, 4.69) is 0 Å². The van der Waals surface area contributed by atoms with Crippen LogP contribution in [0.1, 0.15) is 33.1 Å². The Hall–Kier alpha value is -1.19. The molecule has 1 amide bonds. The largest absolute Gasteiger partial charge is 0.467 e. The van der Waals surface area contributed by atoms with E-state index in [1.165, 1.54) is 16.3 Å². The Bertz CT molecular complexity index is 628. The maximum absolute atomic E-state index is 12.8. The number of amides is 1. The van der Waals surface area contributed by atoms with E-state index >= 15 is 0 Å². The number of likely N-dealkylation sites (N-methyl/N-ethyl adjacent to an activating group) is 1. The summed E-state index contributed by atoms with van der Waals surface area (Å²) in [4.78, 5) is 28.1. The van der Waals surface area contributed by atoms with Crippen molar-refractivity contribution in [2.24, 2.45) is 11.8 Å². The second-order valence-electron chi connectivity index (χ2n) is 7.60. The van der Waals surface area contributed by atoms with Crippen LogP contribution in [0.4, 0.5) is 0 Å². The lowest BCUT2D eigenvalue weighted by molar-refractivity contribution is -0.155. The average Bonchev–Trinajstić information content (AvgIpc) is 2.58. The van der Waals surface area contributed by atoms with E-state index in [1.54, 1.807) is 7.05 Å². The van der Waals surface area contributed by atoms with Gasteiger partial charge in [-0.05, 0) is 32.2 Å². The fourth-order valence-corrected chi connectivity index (χ4v) is 5.85. The van der Waals surface area contributed by atoms with E-state index in [4.69, 9.17) is 4.74 Å². The standard InChI is InChI=1S/C17H31N3O5S/c1-12(2)15(17(22)25-5)19(4)16(21)13-6-10-20(11-7-13)26(23,24)14-8-9-18(14)3/h12-15H,6-11H2,1-5H3/t14-,15-/m0/s1. The highest BCUT2D eigenvalue weighted by Crippen LogP contribution is 2.29. The molecule has 2 atom stereocenters. The van der Waals surface area contributed by atoms with Crippen LogP contribution >= 0.6 is 0 Å². The maximum Gasteiger partial charge on any atom is 0.328 e. The molecule has 0 aromatic heterocycles. The molecule has 150 valence electrons. The van der Waals surface area contributed by atoms with E-state index in [9.17, 15) is 18.0 Å². The predicted octanol–water partition coefficient (Wildman–Crippen LogP) is 0.346. The first kappa shape index (κ1) is 21.1. The third kappa shape index (κ3) is 4.04. The van der Waals surface area contributed by atoms with Crippen molar-refractivity contribution in [2.45, 2.75) is 44.5 Å². The number of carbonyl (C=O) groups is 2. The molecule has 0 aromatic rings. The molecule has 2 fully saturated rings. The zero-order chi connectivity index (χ0) is 19.6. The van der Waals surface area contributed by atoms with Crippen molar-refractivity contribution in [3.8, 4) is 0 Å². The molecule has 0 aromatic carbocycles. The highest BCUT2D eigenvalue weighted by molar-refractivity contribution is 7.89. The number of piperidine rings is 1. The number of nitrogens with zero attached hydrogens (tertiary/aromatic N) is 3. The fraction of sp³-hybridized carbons (Fsp3) is 0.882. The van der Waals surface area contributed by atoms with Gasteiger partial charge in [-0.1, -0.05) is 13.8 Å². The average molecular weight is 390 g/mol. The minimum Gasteiger partial charge on any atom is -0.467 e. The van der Waals surface area contributed by atoms with Crippen LogP contribution in [-0.4, -0.2) is 86.7 Å². The summed E-state index contributed by atoms with van der Waals surface area (Å²) in [6.45, 7) is 5.24. The van der Waals surface area contributed by atoms with Crippen LogP contribution in [0.25, 0.3) is 0 Å². The third-order valence-electron chi connectivity index (χ3n) is 5.57. The van der Waals surface area contributed by atoms with Gasteiger partial charge in [0, 0.05) is 32.6 Å². The number of rotatable bonds is 6. The summed E-state index contributed by atoms with van der Waals surface area (Å²) in [5, 5.41) is -0.429. The molecule has 0 saturated carbocycles. The number of sulfonamides is 1. The lowest BCUT2D eigenvalue weighted by Gasteiger charge is -2.42. The van der Waals surface area contributed by atoms with Crippen molar-refractivity contribution in [1.29, 1.82) is 0 Å². The number of esters is 1. The molecule has 2 saturated heterocycles. The number of carbonyl (C=O) groups excluding carboxylic acids is 2. The molecular formula is C17H31N3O5S. The summed E-state index contributed by atoms with van der Waals surface area (Å²) in [6, 6.07) is -0.627. The smallest absolute Gasteiger partial charge is 0.328 e. The second kappa shape index (κ2) is 8.22. The predicted molar refractivity (Wildman–Crippen MR) is 97.7 cm³/mol. The summed E-state index contributed by atoms with van der Waals surface area (Å²) >= 11 is 0. The van der Waals surface area contributed by atoms with Crippen molar-refractivity contribution in [3.05, 3.63) is 0 Å². The van der Waals surface area contributed by atoms with Crippen LogP contribution < -0.4 is 0 Å². The van der Waals surface area contributed by atoms with Crippen LogP contribution in [0.3, 0.4) is 0 Å². The summed E-state index contributed by atoms with van der Waals surface area (Å²) in [5.74, 6) is -0.877. The van der Waals surface area contributed by atoms with Gasteiger partial charge >= 0.3 is 5.97 Å². The Balaban J connectivity index is 1.98. The van der Waals surface area contributed by atoms with Crippen molar-refractivity contribution in [1.82, 2.24) is 14.1 Å². The van der Waals surface area contributed by atoms with Gasteiger partial charge in [0.15, 0.2) is 0 Å². The second-order valence-corrected chi connectivity index (χ2v) is 9.69. The Kier molecular flexibility index (Phi) is 6.68. The minimum absolute atomic E-state index is 0.0639. The molecular weight excluding hydrogens is 358 g/mol. The first-order chi connectivity index (χ1) is 12.1. The lowest BCUT2D eigenvalue weighted by atomic mass is 9.94. The van der Waals surface area contributed by atoms with E-state index in [0.29, 0.717) is 32.4 Å². The van der Waals surface area contributed by atoms with Crippen LogP contribution in [0.2, 0.25) is 0 Å². The molecule has 0 aliphatic carbocycles. The van der Waals surface area contributed by atoms with Gasteiger partial charge < -0.3 is 9.64 Å². The quantitative estimate of drug-likeness (QED) is 0.609. The molecule has 2 heterocycles. The van der Waals surface area contributed by atoms with Crippen molar-refractivity contribution in [2.75, 3.05) is 40.8 Å². The van der Waals surface area contributed by atoms with E-state index in [0.717, 1.165) is 6.54 Å². The number of hydrogen-bond acceptors (Lipinski definition) is 6. The molecule has 2 rings (SSSR count). The summed E-state index contributed by atoms with van der Waals surface area (Å²) in [7, 11) is 1.42. The zero-order valence-electron chi connectivity index (χ0n) is 16.3. The normalized spacial score (nSPS) is 24.2. The molecule has 2 aliphatic heterocycles. The maximum atomic E-state index is 12.8. The van der Waals surface area contributed by atoms with Gasteiger partial charge in [-0.15, -0.1) is 0 Å². The molecule has 2 aliphatic rings. The minimum atomic E-state index is -3.33. The zero-order valence-corrected chi connectivity index (χ0v) is 17.2. The van der Waals surface area contributed by atoms with Crippen molar-refractivity contribution in [3.63, 3.8) is 0 Å². The van der Waals surface area contributed by atoms with Gasteiger partial charge in [-0.25, -0.2) is 17.5 Å². The molecule has 0 N–H and O–H groups in total. The van der Waals surface area contributed by atoms with Gasteiger partial charge in [0.1, 0.15) is 11.4 Å². The number of likely N-dealkylation sites (tertiary alicyclic amines) is 1. The Morgan fingerprint density at radius 3 is 2.08 bits per heavy atom. The van der Waals surface area contributed by atoms with E-state index in [-0.39, 0.29) is 17.7 Å². The molecule has 9 heteroatoms. The Morgan fingerprint density at radius 1 is 1.12 bits per heavy atom. The topological polar surface area (TPSA) is 87.2 Å². The lowest BCUT2D eigenvalue weighted by Crippen LogP contribution is -2.56. The first-order valence-corrected chi connectivity index (χ1v) is 10.6. The molecule has 0 unspecified atom stereocenters. The highest BCUT2D eigenvalue weighted by Gasteiger charge is 2.43. The van der Waals surface area contributed by atoms with Gasteiger partial charge in [-0.3, -0.25) is 9.69 Å². The van der Waals surface area contributed by atoms with Gasteiger partial charge in [-0.2, -0.15) is 0 Å². The fourth-order valence-electron chi connectivity index (χ4n) is 3.82. The molecule has 26 heavy (non-hydrogen) atoms. The summed E-state index contributed by atoms with van der Waals surface area (Å²) in [5.41, 5.74) is 0. The number of hydrogen-bond donors (Lipinski definition) is 0. The monoisotopic (exact) mass is 389 g/mol. The highest BCUT2D eigenvalue weighted by atomic mass is 32.2. The Labute approximate surface area is 156 Å². The molecule has 8 nitrogen and oxygen atoms in total. The van der Waals surface area contributed by atoms with E-state index < -0.39 is 27.4 Å². The summed E-state index contributed by atoms with van der Waals surface area (Å²) < 4.78 is 31.6. The van der Waals surface area contributed by atoms with Crippen LogP contribution in [-0.2, 0) is 24.3 Å².